The molecule has 0 saturated carbocycles. The Morgan fingerprint density at radius 3 is 2.65 bits per heavy atom. The molecule has 0 fully saturated rings. The number of nitrogens with zero attached hydrogens (tertiary/aromatic N) is 1. The number of aryl methyl sites for hydroxylation is 2. The zero-order chi connectivity index (χ0) is 18.1. The standard InChI is InChI=1S/C20H18N2O4/c1-12-3-4-13(2)15(9-12)21-20(23)16-11-18(26-22-16)14-5-6-17-19(10-14)25-8-7-24-17/h3-6,9-11H,7-8H2,1-2H3,(H,21,23). The first-order valence-corrected chi connectivity index (χ1v) is 8.35. The highest BCUT2D eigenvalue weighted by Gasteiger charge is 2.17. The zero-order valence-corrected chi connectivity index (χ0v) is 14.5. The van der Waals surface area contributed by atoms with Crippen LogP contribution in [0.25, 0.3) is 11.3 Å². The van der Waals surface area contributed by atoms with Gasteiger partial charge in [0, 0.05) is 17.3 Å². The normalized spacial score (nSPS) is 12.7. The molecule has 0 aliphatic carbocycles. The molecular weight excluding hydrogens is 332 g/mol. The van der Waals surface area contributed by atoms with Crippen LogP contribution in [0.3, 0.4) is 0 Å². The maximum Gasteiger partial charge on any atom is 0.277 e. The lowest BCUT2D eigenvalue weighted by atomic mass is 10.1. The summed E-state index contributed by atoms with van der Waals surface area (Å²) < 4.78 is 16.4. The van der Waals surface area contributed by atoms with E-state index in [1.807, 2.05) is 50.2 Å². The predicted molar refractivity (Wildman–Crippen MR) is 96.8 cm³/mol. The van der Waals surface area contributed by atoms with Crippen LogP contribution in [0.5, 0.6) is 11.5 Å². The number of hydrogen-bond acceptors (Lipinski definition) is 5. The van der Waals surface area contributed by atoms with E-state index in [0.29, 0.717) is 30.5 Å². The van der Waals surface area contributed by atoms with Crippen molar-refractivity contribution in [3.63, 3.8) is 0 Å². The van der Waals surface area contributed by atoms with E-state index in [2.05, 4.69) is 10.5 Å². The topological polar surface area (TPSA) is 73.6 Å². The van der Waals surface area contributed by atoms with Gasteiger partial charge in [-0.05, 0) is 49.2 Å². The highest BCUT2D eigenvalue weighted by atomic mass is 16.6. The number of fused-ring (bicyclic) bond motifs is 1. The average Bonchev–Trinajstić information content (AvgIpc) is 3.14. The summed E-state index contributed by atoms with van der Waals surface area (Å²) in [6, 6.07) is 13.0. The van der Waals surface area contributed by atoms with Crippen molar-refractivity contribution < 1.29 is 18.8 Å². The van der Waals surface area contributed by atoms with Gasteiger partial charge in [-0.3, -0.25) is 4.79 Å². The van der Waals surface area contributed by atoms with Crippen LogP contribution < -0.4 is 14.8 Å². The summed E-state index contributed by atoms with van der Waals surface area (Å²) in [5, 5.41) is 6.77. The number of aromatic nitrogens is 1. The second kappa shape index (κ2) is 6.55. The maximum atomic E-state index is 12.5. The Labute approximate surface area is 150 Å². The fourth-order valence-corrected chi connectivity index (χ4v) is 2.77. The number of hydrogen-bond donors (Lipinski definition) is 1. The monoisotopic (exact) mass is 350 g/mol. The van der Waals surface area contributed by atoms with Crippen molar-refractivity contribution in [2.75, 3.05) is 18.5 Å². The van der Waals surface area contributed by atoms with Crippen LogP contribution in [-0.2, 0) is 0 Å². The second-order valence-electron chi connectivity index (χ2n) is 6.21. The van der Waals surface area contributed by atoms with E-state index in [4.69, 9.17) is 14.0 Å². The SMILES string of the molecule is Cc1ccc(C)c(NC(=O)c2cc(-c3ccc4c(c3)OCCO4)on2)c1. The summed E-state index contributed by atoms with van der Waals surface area (Å²) in [5.41, 5.74) is 3.81. The van der Waals surface area contributed by atoms with E-state index in [0.717, 1.165) is 22.4 Å². The Kier molecular flexibility index (Phi) is 4.08. The van der Waals surface area contributed by atoms with Crippen LogP contribution in [0.2, 0.25) is 0 Å². The van der Waals surface area contributed by atoms with E-state index in [1.165, 1.54) is 0 Å². The summed E-state index contributed by atoms with van der Waals surface area (Å²) in [5.74, 6) is 1.54. The Morgan fingerprint density at radius 2 is 1.81 bits per heavy atom. The first-order chi connectivity index (χ1) is 12.6. The van der Waals surface area contributed by atoms with Gasteiger partial charge in [0.1, 0.15) is 13.2 Å². The molecule has 26 heavy (non-hydrogen) atoms. The lowest BCUT2D eigenvalue weighted by Gasteiger charge is -2.18. The molecule has 6 nitrogen and oxygen atoms in total. The molecule has 1 aliphatic heterocycles. The summed E-state index contributed by atoms with van der Waals surface area (Å²) in [6.07, 6.45) is 0. The first kappa shape index (κ1) is 16.2. The molecule has 2 aromatic carbocycles. The number of amides is 1. The van der Waals surface area contributed by atoms with Crippen molar-refractivity contribution in [2.45, 2.75) is 13.8 Å². The summed E-state index contributed by atoms with van der Waals surface area (Å²) in [6.45, 7) is 4.97. The molecule has 6 heteroatoms. The van der Waals surface area contributed by atoms with Crippen LogP contribution >= 0.6 is 0 Å². The van der Waals surface area contributed by atoms with Crippen molar-refractivity contribution in [3.8, 4) is 22.8 Å². The molecule has 0 spiro atoms. The minimum Gasteiger partial charge on any atom is -0.486 e. The molecule has 0 atom stereocenters. The van der Waals surface area contributed by atoms with Gasteiger partial charge >= 0.3 is 0 Å². The highest BCUT2D eigenvalue weighted by Crippen LogP contribution is 2.34. The number of carbonyl (C=O) groups is 1. The van der Waals surface area contributed by atoms with Gasteiger partial charge < -0.3 is 19.3 Å². The lowest BCUT2D eigenvalue weighted by Crippen LogP contribution is -2.15. The van der Waals surface area contributed by atoms with E-state index < -0.39 is 0 Å². The maximum absolute atomic E-state index is 12.5. The smallest absolute Gasteiger partial charge is 0.277 e. The minimum absolute atomic E-state index is 0.218. The zero-order valence-electron chi connectivity index (χ0n) is 14.5. The van der Waals surface area contributed by atoms with Gasteiger partial charge in [0.05, 0.1) is 0 Å². The van der Waals surface area contributed by atoms with E-state index in [9.17, 15) is 4.79 Å². The van der Waals surface area contributed by atoms with Crippen molar-refractivity contribution in [1.82, 2.24) is 5.16 Å². The third kappa shape index (κ3) is 3.13. The Balaban J connectivity index is 1.56. The van der Waals surface area contributed by atoms with Gasteiger partial charge in [0.2, 0.25) is 0 Å². The van der Waals surface area contributed by atoms with Crippen molar-refractivity contribution >= 4 is 11.6 Å². The molecule has 0 radical (unpaired) electrons. The van der Waals surface area contributed by atoms with E-state index in [1.54, 1.807) is 6.07 Å². The number of anilines is 1. The number of rotatable bonds is 3. The molecule has 1 N–H and O–H groups in total. The van der Waals surface area contributed by atoms with Crippen molar-refractivity contribution in [1.29, 1.82) is 0 Å². The highest BCUT2D eigenvalue weighted by molar-refractivity contribution is 6.03. The first-order valence-electron chi connectivity index (χ1n) is 8.35. The molecule has 1 amide bonds. The van der Waals surface area contributed by atoms with E-state index >= 15 is 0 Å². The van der Waals surface area contributed by atoms with Gasteiger partial charge in [-0.25, -0.2) is 0 Å². The second-order valence-corrected chi connectivity index (χ2v) is 6.21. The summed E-state index contributed by atoms with van der Waals surface area (Å²) >= 11 is 0. The molecule has 1 aromatic heterocycles. The number of ether oxygens (including phenoxy) is 2. The Hall–Kier alpha value is -3.28. The van der Waals surface area contributed by atoms with E-state index in [-0.39, 0.29) is 11.6 Å². The van der Waals surface area contributed by atoms with Crippen LogP contribution in [0, 0.1) is 13.8 Å². The molecule has 3 aromatic rings. The summed E-state index contributed by atoms with van der Waals surface area (Å²) in [4.78, 5) is 12.5. The van der Waals surface area contributed by atoms with Crippen molar-refractivity contribution in [3.05, 3.63) is 59.3 Å². The average molecular weight is 350 g/mol. The Bertz CT molecular complexity index is 978. The molecule has 0 bridgehead atoms. The quantitative estimate of drug-likeness (QED) is 0.773. The van der Waals surface area contributed by atoms with Gasteiger partial charge in [0.25, 0.3) is 5.91 Å². The molecule has 2 heterocycles. The predicted octanol–water partition coefficient (Wildman–Crippen LogP) is 3.98. The third-order valence-electron chi connectivity index (χ3n) is 4.21. The van der Waals surface area contributed by atoms with Crippen LogP contribution in [0.15, 0.2) is 47.0 Å². The Morgan fingerprint density at radius 1 is 1.00 bits per heavy atom. The molecule has 132 valence electrons. The van der Waals surface area contributed by atoms with Gasteiger partial charge in [-0.1, -0.05) is 17.3 Å². The van der Waals surface area contributed by atoms with Gasteiger partial charge in [-0.15, -0.1) is 0 Å². The number of benzene rings is 2. The fraction of sp³-hybridized carbons (Fsp3) is 0.200. The third-order valence-corrected chi connectivity index (χ3v) is 4.21. The van der Waals surface area contributed by atoms with Gasteiger partial charge in [-0.2, -0.15) is 0 Å². The molecule has 0 unspecified atom stereocenters. The largest absolute Gasteiger partial charge is 0.486 e. The summed E-state index contributed by atoms with van der Waals surface area (Å²) in [7, 11) is 0. The van der Waals surface area contributed by atoms with Crippen LogP contribution in [-0.4, -0.2) is 24.3 Å². The van der Waals surface area contributed by atoms with Crippen LogP contribution in [0.4, 0.5) is 5.69 Å². The molecule has 0 saturated heterocycles. The number of carbonyl (C=O) groups excluding carboxylic acids is 1. The van der Waals surface area contributed by atoms with Gasteiger partial charge in [0.15, 0.2) is 23.0 Å². The fourth-order valence-electron chi connectivity index (χ4n) is 2.77. The lowest BCUT2D eigenvalue weighted by molar-refractivity contribution is 0.101. The molecule has 4 rings (SSSR count). The van der Waals surface area contributed by atoms with Crippen molar-refractivity contribution in [2.24, 2.45) is 0 Å². The number of nitrogens with one attached hydrogen (secondary N) is 1. The van der Waals surface area contributed by atoms with Crippen LogP contribution in [0.1, 0.15) is 21.6 Å². The molecule has 1 aliphatic rings. The minimum atomic E-state index is -0.314. The molecular formula is C20H18N2O4.